The average Bonchev–Trinajstić information content (AvgIpc) is 2.22. The standard InChI is InChI=1S/C17H32OSi/c1-10-12-15(17(6,7)13-11-2)14-18-19(8,9)16(3,4)5/h11,15H,2,13-14H2,1,3-9H3. The molecular formula is C17H32OSi. The van der Waals surface area contributed by atoms with E-state index in [0.717, 1.165) is 13.0 Å². The van der Waals surface area contributed by atoms with E-state index in [1.807, 2.05) is 13.0 Å². The van der Waals surface area contributed by atoms with E-state index in [0.29, 0.717) is 0 Å². The van der Waals surface area contributed by atoms with Crippen molar-refractivity contribution in [3.05, 3.63) is 12.7 Å². The highest BCUT2D eigenvalue weighted by Gasteiger charge is 2.38. The zero-order valence-corrected chi connectivity index (χ0v) is 15.2. The molecule has 0 aromatic carbocycles. The molecule has 2 heteroatoms. The Morgan fingerprint density at radius 1 is 1.21 bits per heavy atom. The van der Waals surface area contributed by atoms with Crippen LogP contribution in [0.2, 0.25) is 18.1 Å². The minimum atomic E-state index is -1.69. The van der Waals surface area contributed by atoms with Crippen LogP contribution in [0.4, 0.5) is 0 Å². The van der Waals surface area contributed by atoms with Gasteiger partial charge in [-0.1, -0.05) is 46.6 Å². The molecule has 0 aliphatic rings. The molecule has 0 saturated carbocycles. The lowest BCUT2D eigenvalue weighted by Gasteiger charge is -2.39. The molecule has 0 heterocycles. The quantitative estimate of drug-likeness (QED) is 0.367. The van der Waals surface area contributed by atoms with Gasteiger partial charge in [0.2, 0.25) is 0 Å². The Morgan fingerprint density at radius 3 is 2.11 bits per heavy atom. The molecule has 0 spiro atoms. The van der Waals surface area contributed by atoms with Crippen LogP contribution in [0.15, 0.2) is 12.7 Å². The molecule has 19 heavy (non-hydrogen) atoms. The second-order valence-electron chi connectivity index (χ2n) is 7.50. The van der Waals surface area contributed by atoms with Gasteiger partial charge in [0.25, 0.3) is 0 Å². The van der Waals surface area contributed by atoms with Crippen molar-refractivity contribution in [2.75, 3.05) is 6.61 Å². The monoisotopic (exact) mass is 280 g/mol. The molecule has 0 amide bonds. The topological polar surface area (TPSA) is 9.23 Å². The summed E-state index contributed by atoms with van der Waals surface area (Å²) in [6, 6.07) is 0. The number of hydrogen-bond acceptors (Lipinski definition) is 1. The van der Waals surface area contributed by atoms with Gasteiger partial charge in [0.15, 0.2) is 8.32 Å². The third kappa shape index (κ3) is 5.54. The summed E-state index contributed by atoms with van der Waals surface area (Å²) in [6.07, 6.45) is 2.95. The van der Waals surface area contributed by atoms with Gasteiger partial charge in [0.1, 0.15) is 0 Å². The zero-order valence-electron chi connectivity index (χ0n) is 14.2. The van der Waals surface area contributed by atoms with E-state index in [1.165, 1.54) is 0 Å². The zero-order chi connectivity index (χ0) is 15.3. The number of hydrogen-bond donors (Lipinski definition) is 0. The van der Waals surface area contributed by atoms with Gasteiger partial charge in [-0.3, -0.25) is 0 Å². The molecule has 0 radical (unpaired) electrons. The lowest BCUT2D eigenvalue weighted by Crippen LogP contribution is -2.43. The van der Waals surface area contributed by atoms with Gasteiger partial charge in [-0.25, -0.2) is 0 Å². The molecule has 0 bridgehead atoms. The first kappa shape index (κ1) is 18.5. The van der Waals surface area contributed by atoms with Gasteiger partial charge >= 0.3 is 0 Å². The van der Waals surface area contributed by atoms with Gasteiger partial charge in [0, 0.05) is 12.5 Å². The first-order valence-corrected chi connectivity index (χ1v) is 10.1. The van der Waals surface area contributed by atoms with E-state index in [1.54, 1.807) is 0 Å². The predicted molar refractivity (Wildman–Crippen MR) is 88.7 cm³/mol. The third-order valence-corrected chi connectivity index (χ3v) is 8.85. The molecule has 0 aromatic rings. The maximum atomic E-state index is 6.34. The van der Waals surface area contributed by atoms with E-state index < -0.39 is 8.32 Å². The fourth-order valence-corrected chi connectivity index (χ4v) is 2.68. The average molecular weight is 281 g/mol. The van der Waals surface area contributed by atoms with Gasteiger partial charge in [-0.2, -0.15) is 0 Å². The van der Waals surface area contributed by atoms with Crippen molar-refractivity contribution < 1.29 is 4.43 Å². The van der Waals surface area contributed by atoms with Gasteiger partial charge in [-0.05, 0) is 36.9 Å². The maximum Gasteiger partial charge on any atom is 0.192 e. The number of allylic oxidation sites excluding steroid dienone is 1. The van der Waals surface area contributed by atoms with Crippen molar-refractivity contribution in [2.24, 2.45) is 11.3 Å². The fraction of sp³-hybridized carbons (Fsp3) is 0.765. The third-order valence-electron chi connectivity index (χ3n) is 4.35. The molecule has 1 atom stereocenters. The second kappa shape index (κ2) is 6.77. The van der Waals surface area contributed by atoms with Crippen molar-refractivity contribution in [3.8, 4) is 11.8 Å². The highest BCUT2D eigenvalue weighted by molar-refractivity contribution is 6.74. The molecule has 0 fully saturated rings. The molecular weight excluding hydrogens is 248 g/mol. The molecule has 0 rings (SSSR count). The largest absolute Gasteiger partial charge is 0.416 e. The first-order valence-electron chi connectivity index (χ1n) is 7.15. The molecule has 0 aliphatic carbocycles. The molecule has 1 nitrogen and oxygen atoms in total. The highest BCUT2D eigenvalue weighted by atomic mass is 28.4. The maximum absolute atomic E-state index is 6.34. The Kier molecular flexibility index (Phi) is 6.58. The summed E-state index contributed by atoms with van der Waals surface area (Å²) in [5.41, 5.74) is 0.118. The van der Waals surface area contributed by atoms with Crippen molar-refractivity contribution in [3.63, 3.8) is 0 Å². The van der Waals surface area contributed by atoms with Crippen LogP contribution in [-0.2, 0) is 4.43 Å². The normalized spacial score (nSPS) is 14.5. The van der Waals surface area contributed by atoms with Crippen LogP contribution < -0.4 is 0 Å². The Bertz CT molecular complexity index is 350. The van der Waals surface area contributed by atoms with E-state index in [-0.39, 0.29) is 16.4 Å². The lowest BCUT2D eigenvalue weighted by molar-refractivity contribution is 0.165. The molecule has 0 saturated heterocycles. The minimum absolute atomic E-state index is 0.118. The fourth-order valence-electron chi connectivity index (χ4n) is 1.66. The van der Waals surface area contributed by atoms with E-state index in [9.17, 15) is 0 Å². The van der Waals surface area contributed by atoms with Crippen LogP contribution >= 0.6 is 0 Å². The molecule has 110 valence electrons. The molecule has 0 aliphatic heterocycles. The van der Waals surface area contributed by atoms with Gasteiger partial charge < -0.3 is 4.43 Å². The highest BCUT2D eigenvalue weighted by Crippen LogP contribution is 2.38. The van der Waals surface area contributed by atoms with Crippen molar-refractivity contribution in [1.29, 1.82) is 0 Å². The van der Waals surface area contributed by atoms with Crippen LogP contribution in [-0.4, -0.2) is 14.9 Å². The summed E-state index contributed by atoms with van der Waals surface area (Å²) < 4.78 is 6.34. The van der Waals surface area contributed by atoms with E-state index >= 15 is 0 Å². The molecule has 0 N–H and O–H groups in total. The molecule has 1 unspecified atom stereocenters. The predicted octanol–water partition coefficient (Wildman–Crippen LogP) is 5.25. The van der Waals surface area contributed by atoms with Crippen molar-refractivity contribution >= 4 is 8.32 Å². The lowest BCUT2D eigenvalue weighted by atomic mass is 9.77. The Hall–Kier alpha value is -0.523. The summed E-state index contributed by atoms with van der Waals surface area (Å²) in [4.78, 5) is 0. The minimum Gasteiger partial charge on any atom is -0.416 e. The van der Waals surface area contributed by atoms with Gasteiger partial charge in [-0.15, -0.1) is 12.5 Å². The summed E-state index contributed by atoms with van der Waals surface area (Å²) >= 11 is 0. The Balaban J connectivity index is 4.88. The smallest absolute Gasteiger partial charge is 0.192 e. The van der Waals surface area contributed by atoms with Crippen molar-refractivity contribution in [2.45, 2.75) is 66.1 Å². The van der Waals surface area contributed by atoms with Crippen LogP contribution in [0.25, 0.3) is 0 Å². The Morgan fingerprint density at radius 2 is 1.74 bits per heavy atom. The first-order chi connectivity index (χ1) is 8.48. The summed E-state index contributed by atoms with van der Waals surface area (Å²) in [5.74, 6) is 6.66. The molecule has 0 aromatic heterocycles. The van der Waals surface area contributed by atoms with Crippen LogP contribution in [0, 0.1) is 23.2 Å². The van der Waals surface area contributed by atoms with E-state index in [4.69, 9.17) is 4.43 Å². The summed E-state index contributed by atoms with van der Waals surface area (Å²) in [5, 5.41) is 0.250. The Labute approximate surface area is 122 Å². The van der Waals surface area contributed by atoms with Crippen LogP contribution in [0.3, 0.4) is 0 Å². The van der Waals surface area contributed by atoms with Crippen LogP contribution in [0.1, 0.15) is 48.0 Å². The summed E-state index contributed by atoms with van der Waals surface area (Å²) in [6.45, 7) is 22.4. The SMILES string of the molecule is C=CCC(C)(C)C(C#CC)CO[Si](C)(C)C(C)(C)C. The summed E-state index contributed by atoms with van der Waals surface area (Å²) in [7, 11) is -1.69. The van der Waals surface area contributed by atoms with Gasteiger partial charge in [0.05, 0.1) is 0 Å². The second-order valence-corrected chi connectivity index (χ2v) is 12.3. The van der Waals surface area contributed by atoms with E-state index in [2.05, 4.69) is 66.1 Å². The van der Waals surface area contributed by atoms with Crippen LogP contribution in [0.5, 0.6) is 0 Å². The number of rotatable bonds is 6. The van der Waals surface area contributed by atoms with Crippen molar-refractivity contribution in [1.82, 2.24) is 0 Å².